The molecule has 0 saturated carbocycles. The van der Waals surface area contributed by atoms with Crippen LogP contribution >= 0.6 is 0 Å². The predicted molar refractivity (Wildman–Crippen MR) is 81.5 cm³/mol. The van der Waals surface area contributed by atoms with Gasteiger partial charge in [-0.05, 0) is 49.1 Å². The molecule has 0 radical (unpaired) electrons. The maximum atomic E-state index is 11.6. The van der Waals surface area contributed by atoms with Gasteiger partial charge in [0.15, 0.2) is 0 Å². The van der Waals surface area contributed by atoms with Crippen LogP contribution in [0.5, 0.6) is 5.75 Å². The Balaban J connectivity index is 2.64. The predicted octanol–water partition coefficient (Wildman–Crippen LogP) is 4.01. The van der Waals surface area contributed by atoms with Crippen LogP contribution in [-0.4, -0.2) is 6.61 Å². The lowest BCUT2D eigenvalue weighted by Gasteiger charge is -2.12. The highest BCUT2D eigenvalue weighted by molar-refractivity contribution is 5.87. The topological polar surface area (TPSA) is 39.4 Å². The van der Waals surface area contributed by atoms with Gasteiger partial charge >= 0.3 is 5.63 Å². The summed E-state index contributed by atoms with van der Waals surface area (Å²) in [6.07, 6.45) is 1.79. The van der Waals surface area contributed by atoms with Gasteiger partial charge in [0.1, 0.15) is 17.9 Å². The average molecular weight is 272 g/mol. The number of hydrogen-bond donors (Lipinski definition) is 0. The minimum atomic E-state index is -0.308. The second kappa shape index (κ2) is 5.95. The Labute approximate surface area is 118 Å². The Morgan fingerprint density at radius 2 is 2.10 bits per heavy atom. The zero-order valence-corrected chi connectivity index (χ0v) is 12.3. The first-order valence-corrected chi connectivity index (χ1v) is 6.85. The van der Waals surface area contributed by atoms with E-state index >= 15 is 0 Å². The Hall–Kier alpha value is -2.03. The van der Waals surface area contributed by atoms with E-state index in [2.05, 4.69) is 13.5 Å². The third kappa shape index (κ3) is 3.10. The first-order chi connectivity index (χ1) is 9.51. The Morgan fingerprint density at radius 1 is 1.35 bits per heavy atom. The lowest BCUT2D eigenvalue weighted by Crippen LogP contribution is -2.04. The maximum Gasteiger partial charge on any atom is 0.336 e. The molecule has 0 aliphatic rings. The van der Waals surface area contributed by atoms with Gasteiger partial charge in [0, 0.05) is 6.07 Å². The maximum absolute atomic E-state index is 11.6. The molecule has 1 aromatic heterocycles. The van der Waals surface area contributed by atoms with Gasteiger partial charge in [0.2, 0.25) is 0 Å². The fraction of sp³-hybridized carbons (Fsp3) is 0.353. The third-order valence-corrected chi connectivity index (χ3v) is 3.03. The molecular formula is C17H20O3. The van der Waals surface area contributed by atoms with Crippen LogP contribution in [0.3, 0.4) is 0 Å². The van der Waals surface area contributed by atoms with E-state index in [1.165, 1.54) is 0 Å². The summed E-state index contributed by atoms with van der Waals surface area (Å²) in [5.74, 6) is 0.759. The van der Waals surface area contributed by atoms with Crippen LogP contribution in [0.1, 0.15) is 31.4 Å². The highest BCUT2D eigenvalue weighted by Crippen LogP contribution is 2.30. The monoisotopic (exact) mass is 272 g/mol. The Bertz CT molecular complexity index is 695. The van der Waals surface area contributed by atoms with E-state index in [0.29, 0.717) is 12.2 Å². The normalized spacial score (nSPS) is 10.8. The van der Waals surface area contributed by atoms with E-state index in [0.717, 1.165) is 40.7 Å². The summed E-state index contributed by atoms with van der Waals surface area (Å²) >= 11 is 0. The summed E-state index contributed by atoms with van der Waals surface area (Å²) in [7, 11) is 0. The standard InChI is InChI=1S/C17H20O3/c1-5-6-13-9-16(18)20-15-8-12(4)7-14(17(13)15)19-10-11(2)3/h7-9H,2,5-6,10H2,1,3-4H3. The zero-order chi connectivity index (χ0) is 14.7. The van der Waals surface area contributed by atoms with Crippen molar-refractivity contribution in [1.82, 2.24) is 0 Å². The van der Waals surface area contributed by atoms with Gasteiger partial charge < -0.3 is 9.15 Å². The van der Waals surface area contributed by atoms with Crippen molar-refractivity contribution in [3.63, 3.8) is 0 Å². The molecule has 0 aliphatic heterocycles. The number of aryl methyl sites for hydroxylation is 2. The zero-order valence-electron chi connectivity index (χ0n) is 12.3. The molecule has 0 saturated heterocycles. The lowest BCUT2D eigenvalue weighted by atomic mass is 10.0. The van der Waals surface area contributed by atoms with Crippen molar-refractivity contribution in [3.05, 3.63) is 51.9 Å². The summed E-state index contributed by atoms with van der Waals surface area (Å²) in [6, 6.07) is 5.42. The second-order valence-corrected chi connectivity index (χ2v) is 5.22. The Morgan fingerprint density at radius 3 is 2.75 bits per heavy atom. The summed E-state index contributed by atoms with van der Waals surface area (Å²) in [5, 5.41) is 0.901. The van der Waals surface area contributed by atoms with Crippen molar-refractivity contribution in [2.45, 2.75) is 33.6 Å². The molecule has 0 amide bonds. The van der Waals surface area contributed by atoms with Gasteiger partial charge in [-0.1, -0.05) is 19.9 Å². The molecule has 0 fully saturated rings. The van der Waals surface area contributed by atoms with Gasteiger partial charge in [0.25, 0.3) is 0 Å². The second-order valence-electron chi connectivity index (χ2n) is 5.22. The molecule has 106 valence electrons. The minimum Gasteiger partial charge on any atom is -0.488 e. The van der Waals surface area contributed by atoms with Crippen molar-refractivity contribution in [2.75, 3.05) is 6.61 Å². The molecule has 0 unspecified atom stereocenters. The van der Waals surface area contributed by atoms with E-state index < -0.39 is 0 Å². The van der Waals surface area contributed by atoms with E-state index in [-0.39, 0.29) is 5.63 Å². The van der Waals surface area contributed by atoms with Gasteiger partial charge in [-0.15, -0.1) is 0 Å². The highest BCUT2D eigenvalue weighted by atomic mass is 16.5. The van der Waals surface area contributed by atoms with Crippen molar-refractivity contribution in [3.8, 4) is 5.75 Å². The van der Waals surface area contributed by atoms with Crippen LogP contribution in [0.2, 0.25) is 0 Å². The quantitative estimate of drug-likeness (QED) is 0.610. The van der Waals surface area contributed by atoms with E-state index in [9.17, 15) is 4.79 Å². The van der Waals surface area contributed by atoms with Crippen LogP contribution < -0.4 is 10.4 Å². The number of rotatable bonds is 5. The van der Waals surface area contributed by atoms with E-state index in [4.69, 9.17) is 9.15 Å². The number of benzene rings is 1. The molecule has 0 aliphatic carbocycles. The highest BCUT2D eigenvalue weighted by Gasteiger charge is 2.12. The Kier molecular flexibility index (Phi) is 4.28. The minimum absolute atomic E-state index is 0.308. The molecule has 20 heavy (non-hydrogen) atoms. The van der Waals surface area contributed by atoms with Crippen LogP contribution in [0.25, 0.3) is 11.0 Å². The van der Waals surface area contributed by atoms with Gasteiger partial charge in [-0.25, -0.2) is 4.79 Å². The molecule has 2 aromatic rings. The van der Waals surface area contributed by atoms with Crippen molar-refractivity contribution in [2.24, 2.45) is 0 Å². The van der Waals surface area contributed by atoms with Crippen LogP contribution in [0, 0.1) is 6.92 Å². The molecule has 0 atom stereocenters. The molecule has 3 nitrogen and oxygen atoms in total. The molecular weight excluding hydrogens is 252 g/mol. The van der Waals surface area contributed by atoms with Gasteiger partial charge in [-0.2, -0.15) is 0 Å². The molecule has 1 aromatic carbocycles. The lowest BCUT2D eigenvalue weighted by molar-refractivity contribution is 0.356. The summed E-state index contributed by atoms with van der Waals surface area (Å²) < 4.78 is 11.1. The molecule has 0 bridgehead atoms. The third-order valence-electron chi connectivity index (χ3n) is 3.03. The van der Waals surface area contributed by atoms with Crippen LogP contribution in [-0.2, 0) is 6.42 Å². The van der Waals surface area contributed by atoms with Crippen molar-refractivity contribution < 1.29 is 9.15 Å². The number of hydrogen-bond acceptors (Lipinski definition) is 3. The van der Waals surface area contributed by atoms with Crippen molar-refractivity contribution in [1.29, 1.82) is 0 Å². The van der Waals surface area contributed by atoms with E-state index in [1.807, 2.05) is 26.0 Å². The summed E-state index contributed by atoms with van der Waals surface area (Å²) in [6.45, 7) is 10.3. The average Bonchev–Trinajstić information content (AvgIpc) is 2.35. The molecule has 1 heterocycles. The molecule has 3 heteroatoms. The van der Waals surface area contributed by atoms with Crippen LogP contribution in [0.15, 0.2) is 39.6 Å². The summed E-state index contributed by atoms with van der Waals surface area (Å²) in [5.41, 5.74) is 3.23. The molecule has 2 rings (SSSR count). The van der Waals surface area contributed by atoms with Crippen LogP contribution in [0.4, 0.5) is 0 Å². The van der Waals surface area contributed by atoms with E-state index in [1.54, 1.807) is 6.07 Å². The number of ether oxygens (including phenoxy) is 1. The number of fused-ring (bicyclic) bond motifs is 1. The largest absolute Gasteiger partial charge is 0.488 e. The van der Waals surface area contributed by atoms with Gasteiger partial charge in [-0.3, -0.25) is 0 Å². The summed E-state index contributed by atoms with van der Waals surface area (Å²) in [4.78, 5) is 11.6. The smallest absolute Gasteiger partial charge is 0.336 e. The van der Waals surface area contributed by atoms with Gasteiger partial charge in [0.05, 0.1) is 5.39 Å². The molecule has 0 spiro atoms. The fourth-order valence-corrected chi connectivity index (χ4v) is 2.25. The van der Waals surface area contributed by atoms with Crippen molar-refractivity contribution >= 4 is 11.0 Å². The first-order valence-electron chi connectivity index (χ1n) is 6.85. The SMILES string of the molecule is C=C(C)COc1cc(C)cc2oc(=O)cc(CCC)c12. The fourth-order valence-electron chi connectivity index (χ4n) is 2.25. The molecule has 0 N–H and O–H groups in total. The first kappa shape index (κ1) is 14.4.